The summed E-state index contributed by atoms with van der Waals surface area (Å²) < 4.78 is 6.89. The van der Waals surface area contributed by atoms with Gasteiger partial charge in [-0.2, -0.15) is 0 Å². The molecule has 25 heavy (non-hydrogen) atoms. The summed E-state index contributed by atoms with van der Waals surface area (Å²) in [6, 6.07) is 16.9. The van der Waals surface area contributed by atoms with E-state index in [2.05, 4.69) is 4.98 Å². The third-order valence-electron chi connectivity index (χ3n) is 4.00. The van der Waals surface area contributed by atoms with Crippen LogP contribution in [0.1, 0.15) is 10.5 Å². The zero-order chi connectivity index (χ0) is 17.4. The van der Waals surface area contributed by atoms with Gasteiger partial charge >= 0.3 is 5.97 Å². The highest BCUT2D eigenvalue weighted by molar-refractivity contribution is 7.15. The largest absolute Gasteiger partial charge is 0.497 e. The maximum Gasteiger partial charge on any atom is 0.355 e. The molecule has 4 rings (SSSR count). The molecule has 124 valence electrons. The normalized spacial score (nSPS) is 10.9. The predicted molar refractivity (Wildman–Crippen MR) is 97.5 cm³/mol. The molecule has 0 radical (unpaired) electrons. The highest BCUT2D eigenvalue weighted by Gasteiger charge is 2.23. The molecule has 5 nitrogen and oxygen atoms in total. The van der Waals surface area contributed by atoms with E-state index < -0.39 is 5.97 Å². The van der Waals surface area contributed by atoms with E-state index in [4.69, 9.17) is 4.74 Å². The second kappa shape index (κ2) is 6.07. The van der Waals surface area contributed by atoms with Gasteiger partial charge in [-0.1, -0.05) is 30.3 Å². The summed E-state index contributed by atoms with van der Waals surface area (Å²) in [6.45, 7) is 0. The van der Waals surface area contributed by atoms with Crippen molar-refractivity contribution in [2.75, 3.05) is 7.11 Å². The van der Waals surface area contributed by atoms with Crippen molar-refractivity contribution in [1.82, 2.24) is 9.38 Å². The van der Waals surface area contributed by atoms with E-state index in [0.29, 0.717) is 10.7 Å². The molecule has 0 bridgehead atoms. The summed E-state index contributed by atoms with van der Waals surface area (Å²) >= 11 is 1.42. The molecule has 0 atom stereocenters. The zero-order valence-corrected chi connectivity index (χ0v) is 14.2. The lowest BCUT2D eigenvalue weighted by Crippen LogP contribution is -2.04. The Hall–Kier alpha value is -3.12. The van der Waals surface area contributed by atoms with Crippen molar-refractivity contribution >= 4 is 22.3 Å². The first kappa shape index (κ1) is 15.4. The average molecular weight is 350 g/mol. The molecule has 4 aromatic rings. The number of carboxylic acids is 1. The van der Waals surface area contributed by atoms with E-state index in [1.807, 2.05) is 60.0 Å². The van der Waals surface area contributed by atoms with Gasteiger partial charge in [0, 0.05) is 10.9 Å². The predicted octanol–water partition coefficient (Wildman–Crippen LogP) is 4.44. The Balaban J connectivity index is 1.95. The number of rotatable bonds is 4. The lowest BCUT2D eigenvalue weighted by atomic mass is 10.1. The summed E-state index contributed by atoms with van der Waals surface area (Å²) in [4.78, 5) is 17.2. The number of carboxylic acid groups (broad SMARTS) is 1. The first-order chi connectivity index (χ1) is 12.2. The number of thiazole rings is 1. The Bertz CT molecular complexity index is 1050. The van der Waals surface area contributed by atoms with E-state index in [1.165, 1.54) is 11.3 Å². The van der Waals surface area contributed by atoms with Gasteiger partial charge in [-0.05, 0) is 29.8 Å². The summed E-state index contributed by atoms with van der Waals surface area (Å²) in [7, 11) is 1.61. The maximum atomic E-state index is 12.0. The van der Waals surface area contributed by atoms with Crippen LogP contribution in [-0.2, 0) is 0 Å². The van der Waals surface area contributed by atoms with Gasteiger partial charge in [-0.25, -0.2) is 9.78 Å². The Morgan fingerprint density at radius 1 is 1.08 bits per heavy atom. The molecule has 2 aromatic carbocycles. The van der Waals surface area contributed by atoms with Gasteiger partial charge in [0.25, 0.3) is 0 Å². The van der Waals surface area contributed by atoms with Crippen LogP contribution in [0.3, 0.4) is 0 Å². The van der Waals surface area contributed by atoms with Crippen LogP contribution in [0.2, 0.25) is 0 Å². The van der Waals surface area contributed by atoms with Crippen molar-refractivity contribution in [3.63, 3.8) is 0 Å². The number of aromatic carboxylic acids is 1. The first-order valence-electron chi connectivity index (χ1n) is 7.62. The number of aromatic nitrogens is 2. The van der Waals surface area contributed by atoms with Crippen LogP contribution in [0.15, 0.2) is 60.0 Å². The minimum absolute atomic E-state index is 0.174. The molecular formula is C19H14N2O3S. The van der Waals surface area contributed by atoms with Crippen molar-refractivity contribution in [1.29, 1.82) is 0 Å². The molecule has 0 fully saturated rings. The molecule has 0 unspecified atom stereocenters. The number of hydrogen-bond acceptors (Lipinski definition) is 4. The number of ether oxygens (including phenoxy) is 1. The number of benzene rings is 2. The minimum Gasteiger partial charge on any atom is -0.497 e. The van der Waals surface area contributed by atoms with Crippen LogP contribution in [0.25, 0.3) is 27.5 Å². The molecule has 0 aliphatic rings. The smallest absolute Gasteiger partial charge is 0.355 e. The molecule has 6 heteroatoms. The van der Waals surface area contributed by atoms with Gasteiger partial charge in [0.15, 0.2) is 10.7 Å². The fourth-order valence-corrected chi connectivity index (χ4v) is 3.71. The Morgan fingerprint density at radius 2 is 1.80 bits per heavy atom. The fraction of sp³-hybridized carbons (Fsp3) is 0.0526. The fourth-order valence-electron chi connectivity index (χ4n) is 2.82. The topological polar surface area (TPSA) is 63.8 Å². The number of fused-ring (bicyclic) bond motifs is 1. The van der Waals surface area contributed by atoms with Gasteiger partial charge in [-0.15, -0.1) is 11.3 Å². The van der Waals surface area contributed by atoms with Crippen LogP contribution in [0.4, 0.5) is 0 Å². The Morgan fingerprint density at radius 3 is 2.44 bits per heavy atom. The van der Waals surface area contributed by atoms with E-state index in [0.717, 1.165) is 22.6 Å². The SMILES string of the molecule is COc1ccc(-c2csc3nc(-c4ccccc4)c(C(=O)O)n23)cc1. The van der Waals surface area contributed by atoms with Gasteiger partial charge < -0.3 is 9.84 Å². The summed E-state index contributed by atoms with van der Waals surface area (Å²) in [5.74, 6) is -0.246. The third kappa shape index (κ3) is 2.56. The number of methoxy groups -OCH3 is 1. The van der Waals surface area contributed by atoms with Crippen molar-refractivity contribution in [3.8, 4) is 28.3 Å². The lowest BCUT2D eigenvalue weighted by molar-refractivity contribution is 0.0690. The second-order valence-electron chi connectivity index (χ2n) is 5.45. The monoisotopic (exact) mass is 350 g/mol. The highest BCUT2D eigenvalue weighted by Crippen LogP contribution is 2.33. The van der Waals surface area contributed by atoms with E-state index in [-0.39, 0.29) is 5.69 Å². The second-order valence-corrected chi connectivity index (χ2v) is 6.28. The number of hydrogen-bond donors (Lipinski definition) is 1. The van der Waals surface area contributed by atoms with E-state index in [1.54, 1.807) is 11.5 Å². The Kier molecular flexibility index (Phi) is 3.74. The molecule has 0 spiro atoms. The molecular weight excluding hydrogens is 336 g/mol. The molecule has 0 aliphatic heterocycles. The summed E-state index contributed by atoms with van der Waals surface area (Å²) in [5, 5.41) is 11.7. The number of imidazole rings is 1. The molecule has 2 heterocycles. The van der Waals surface area contributed by atoms with Crippen LogP contribution >= 0.6 is 11.3 Å². The van der Waals surface area contributed by atoms with Gasteiger partial charge in [0.1, 0.15) is 11.4 Å². The van der Waals surface area contributed by atoms with Crippen molar-refractivity contribution < 1.29 is 14.6 Å². The van der Waals surface area contributed by atoms with Gasteiger partial charge in [-0.3, -0.25) is 4.40 Å². The maximum absolute atomic E-state index is 12.0. The van der Waals surface area contributed by atoms with Gasteiger partial charge in [0.2, 0.25) is 0 Å². The molecule has 0 aliphatic carbocycles. The van der Waals surface area contributed by atoms with Gasteiger partial charge in [0.05, 0.1) is 12.8 Å². The van der Waals surface area contributed by atoms with Crippen LogP contribution < -0.4 is 4.74 Å². The van der Waals surface area contributed by atoms with E-state index in [9.17, 15) is 9.90 Å². The van der Waals surface area contributed by atoms with Crippen LogP contribution in [0.5, 0.6) is 5.75 Å². The van der Waals surface area contributed by atoms with Crippen LogP contribution in [-0.4, -0.2) is 27.6 Å². The molecule has 0 saturated carbocycles. The molecule has 1 N–H and O–H groups in total. The van der Waals surface area contributed by atoms with Crippen LogP contribution in [0, 0.1) is 0 Å². The molecule has 0 amide bonds. The summed E-state index contributed by atoms with van der Waals surface area (Å²) in [6.07, 6.45) is 0. The molecule has 0 saturated heterocycles. The number of nitrogens with zero attached hydrogens (tertiary/aromatic N) is 2. The summed E-state index contributed by atoms with van der Waals surface area (Å²) in [5.41, 5.74) is 3.15. The van der Waals surface area contributed by atoms with E-state index >= 15 is 0 Å². The lowest BCUT2D eigenvalue weighted by Gasteiger charge is -2.05. The molecule has 2 aromatic heterocycles. The van der Waals surface area contributed by atoms with Crippen molar-refractivity contribution in [3.05, 3.63) is 65.7 Å². The van der Waals surface area contributed by atoms with Crippen molar-refractivity contribution in [2.24, 2.45) is 0 Å². The average Bonchev–Trinajstić information content (AvgIpc) is 3.21. The Labute approximate surface area is 147 Å². The first-order valence-corrected chi connectivity index (χ1v) is 8.50. The zero-order valence-electron chi connectivity index (χ0n) is 13.3. The van der Waals surface area contributed by atoms with Crippen molar-refractivity contribution in [2.45, 2.75) is 0 Å². The third-order valence-corrected chi connectivity index (χ3v) is 4.82. The minimum atomic E-state index is -1.00. The highest BCUT2D eigenvalue weighted by atomic mass is 32.1. The standard InChI is InChI=1S/C19H14N2O3S/c1-24-14-9-7-12(8-10-14)15-11-25-19-20-16(13-5-3-2-4-6-13)17(18(22)23)21(15)19/h2-11H,1H3,(H,22,23). The quantitative estimate of drug-likeness (QED) is 0.591. The number of carbonyl (C=O) groups is 1.